The summed E-state index contributed by atoms with van der Waals surface area (Å²) < 4.78 is 15.7. The molecular weight excluding hydrogens is 343 g/mol. The predicted molar refractivity (Wildman–Crippen MR) is 105 cm³/mol. The summed E-state index contributed by atoms with van der Waals surface area (Å²) in [4.78, 5) is 4.88. The number of aliphatic hydroxyl groups excluding tert-OH is 1. The topological polar surface area (TPSA) is 44.5 Å². The lowest BCUT2D eigenvalue weighted by molar-refractivity contribution is 0.0523. The molecule has 27 heavy (non-hydrogen) atoms. The van der Waals surface area contributed by atoms with Crippen LogP contribution in [0.15, 0.2) is 36.7 Å². The summed E-state index contributed by atoms with van der Waals surface area (Å²) in [6.45, 7) is 9.31. The Kier molecular flexibility index (Phi) is 6.99. The van der Waals surface area contributed by atoms with E-state index in [0.717, 1.165) is 43.9 Å². The fourth-order valence-corrected chi connectivity index (χ4v) is 3.80. The molecule has 1 aromatic heterocycles. The number of aliphatic hydroxyl groups is 1. The van der Waals surface area contributed by atoms with Gasteiger partial charge < -0.3 is 5.11 Å². The minimum Gasteiger partial charge on any atom is -0.396 e. The van der Waals surface area contributed by atoms with Crippen LogP contribution in [0.4, 0.5) is 4.39 Å². The highest BCUT2D eigenvalue weighted by atomic mass is 19.1. The number of halogens is 1. The van der Waals surface area contributed by atoms with Crippen LogP contribution in [0.3, 0.4) is 0 Å². The zero-order valence-electron chi connectivity index (χ0n) is 16.4. The number of aromatic nitrogens is 2. The second kappa shape index (κ2) is 9.44. The Morgan fingerprint density at radius 1 is 1.30 bits per heavy atom. The molecule has 1 aliphatic heterocycles. The Labute approximate surface area is 161 Å². The van der Waals surface area contributed by atoms with Crippen molar-refractivity contribution in [3.8, 4) is 5.69 Å². The molecule has 1 aromatic carbocycles. The number of rotatable bonds is 8. The van der Waals surface area contributed by atoms with Crippen LogP contribution in [-0.4, -0.2) is 63.5 Å². The normalized spacial score (nSPS) is 19.1. The second-order valence-electron chi connectivity index (χ2n) is 7.84. The molecule has 2 aromatic rings. The fourth-order valence-electron chi connectivity index (χ4n) is 3.80. The molecule has 0 spiro atoms. The van der Waals surface area contributed by atoms with Gasteiger partial charge in [-0.15, -0.1) is 0 Å². The van der Waals surface area contributed by atoms with Crippen LogP contribution in [-0.2, 0) is 6.54 Å². The van der Waals surface area contributed by atoms with Gasteiger partial charge in [0.05, 0.1) is 5.69 Å². The fraction of sp³-hybridized carbons (Fsp3) is 0.571. The van der Waals surface area contributed by atoms with Crippen LogP contribution in [0, 0.1) is 11.7 Å². The van der Waals surface area contributed by atoms with Crippen LogP contribution in [0.1, 0.15) is 32.3 Å². The SMILES string of the molecule is CC(C)CCN1CCN(Cc2cc(F)ccc2-n2cccn2)C[C@H]1CCO. The highest BCUT2D eigenvalue weighted by Gasteiger charge is 2.27. The van der Waals surface area contributed by atoms with Gasteiger partial charge in [0.25, 0.3) is 0 Å². The molecule has 6 heteroatoms. The number of hydrogen-bond donors (Lipinski definition) is 1. The Hall–Kier alpha value is -1.76. The van der Waals surface area contributed by atoms with E-state index in [-0.39, 0.29) is 12.4 Å². The number of piperazine rings is 1. The van der Waals surface area contributed by atoms with E-state index in [0.29, 0.717) is 18.5 Å². The molecule has 1 aliphatic rings. The van der Waals surface area contributed by atoms with Gasteiger partial charge in [0.2, 0.25) is 0 Å². The van der Waals surface area contributed by atoms with Crippen molar-refractivity contribution >= 4 is 0 Å². The molecule has 0 radical (unpaired) electrons. The Bertz CT molecular complexity index is 704. The zero-order chi connectivity index (χ0) is 19.2. The quantitative estimate of drug-likeness (QED) is 0.772. The van der Waals surface area contributed by atoms with Gasteiger partial charge in [-0.2, -0.15) is 5.10 Å². The third kappa shape index (κ3) is 5.37. The minimum absolute atomic E-state index is 0.204. The monoisotopic (exact) mass is 374 g/mol. The zero-order valence-corrected chi connectivity index (χ0v) is 16.4. The molecule has 0 saturated carbocycles. The van der Waals surface area contributed by atoms with E-state index >= 15 is 0 Å². The molecule has 1 saturated heterocycles. The van der Waals surface area contributed by atoms with Crippen LogP contribution < -0.4 is 0 Å². The average Bonchev–Trinajstić information content (AvgIpc) is 3.16. The molecule has 1 fully saturated rings. The van der Waals surface area contributed by atoms with Crippen LogP contribution >= 0.6 is 0 Å². The van der Waals surface area contributed by atoms with Crippen molar-refractivity contribution in [1.29, 1.82) is 0 Å². The van der Waals surface area contributed by atoms with E-state index in [1.54, 1.807) is 23.0 Å². The first-order chi connectivity index (χ1) is 13.1. The molecule has 1 atom stereocenters. The van der Waals surface area contributed by atoms with E-state index in [9.17, 15) is 9.50 Å². The van der Waals surface area contributed by atoms with E-state index in [2.05, 4.69) is 28.7 Å². The van der Waals surface area contributed by atoms with E-state index < -0.39 is 0 Å². The van der Waals surface area contributed by atoms with Crippen molar-refractivity contribution in [3.63, 3.8) is 0 Å². The number of hydrogen-bond acceptors (Lipinski definition) is 4. The first-order valence-corrected chi connectivity index (χ1v) is 9.92. The second-order valence-corrected chi connectivity index (χ2v) is 7.84. The predicted octanol–water partition coefficient (Wildman–Crippen LogP) is 2.93. The molecule has 2 heterocycles. The molecular formula is C21H31FN4O. The largest absolute Gasteiger partial charge is 0.396 e. The van der Waals surface area contributed by atoms with Crippen molar-refractivity contribution in [2.75, 3.05) is 32.8 Å². The minimum atomic E-state index is -0.219. The van der Waals surface area contributed by atoms with Gasteiger partial charge in [-0.05, 0) is 55.1 Å². The van der Waals surface area contributed by atoms with Crippen LogP contribution in [0.5, 0.6) is 0 Å². The average molecular weight is 375 g/mol. The van der Waals surface area contributed by atoms with Gasteiger partial charge >= 0.3 is 0 Å². The van der Waals surface area contributed by atoms with Crippen LogP contribution in [0.25, 0.3) is 5.69 Å². The number of nitrogens with zero attached hydrogens (tertiary/aromatic N) is 4. The summed E-state index contributed by atoms with van der Waals surface area (Å²) in [7, 11) is 0. The lowest BCUT2D eigenvalue weighted by Crippen LogP contribution is -2.53. The Morgan fingerprint density at radius 2 is 2.15 bits per heavy atom. The van der Waals surface area contributed by atoms with Gasteiger partial charge in [0, 0.05) is 51.2 Å². The van der Waals surface area contributed by atoms with Gasteiger partial charge in [-0.3, -0.25) is 9.80 Å². The maximum atomic E-state index is 13.9. The summed E-state index contributed by atoms with van der Waals surface area (Å²) in [6, 6.07) is 7.12. The highest BCUT2D eigenvalue weighted by Crippen LogP contribution is 2.21. The molecule has 0 unspecified atom stereocenters. The van der Waals surface area contributed by atoms with Crippen LogP contribution in [0.2, 0.25) is 0 Å². The third-order valence-electron chi connectivity index (χ3n) is 5.33. The highest BCUT2D eigenvalue weighted by molar-refractivity contribution is 5.40. The first kappa shape index (κ1) is 20.0. The summed E-state index contributed by atoms with van der Waals surface area (Å²) in [5.74, 6) is 0.463. The Morgan fingerprint density at radius 3 is 2.85 bits per heavy atom. The lowest BCUT2D eigenvalue weighted by atomic mass is 10.0. The third-order valence-corrected chi connectivity index (χ3v) is 5.33. The van der Waals surface area contributed by atoms with Gasteiger partial charge in [-0.25, -0.2) is 9.07 Å². The van der Waals surface area contributed by atoms with Crippen molar-refractivity contribution < 1.29 is 9.50 Å². The molecule has 5 nitrogen and oxygen atoms in total. The van der Waals surface area contributed by atoms with E-state index in [4.69, 9.17) is 0 Å². The molecule has 148 valence electrons. The van der Waals surface area contributed by atoms with Gasteiger partial charge in [-0.1, -0.05) is 13.8 Å². The maximum absolute atomic E-state index is 13.9. The molecule has 1 N–H and O–H groups in total. The first-order valence-electron chi connectivity index (χ1n) is 9.92. The summed E-state index contributed by atoms with van der Waals surface area (Å²) in [6.07, 6.45) is 5.58. The van der Waals surface area contributed by atoms with Crippen molar-refractivity contribution in [2.45, 2.75) is 39.3 Å². The maximum Gasteiger partial charge on any atom is 0.123 e. The van der Waals surface area contributed by atoms with Crippen molar-refractivity contribution in [2.24, 2.45) is 5.92 Å². The summed E-state index contributed by atoms with van der Waals surface area (Å²) in [5, 5.41) is 13.8. The van der Waals surface area contributed by atoms with Gasteiger partial charge in [0.15, 0.2) is 0 Å². The Balaban J connectivity index is 1.70. The molecule has 3 rings (SSSR count). The smallest absolute Gasteiger partial charge is 0.123 e. The standard InChI is InChI=1S/C21H31FN4O/c1-17(2)6-10-25-12-11-24(16-20(25)7-13-27)15-18-14-19(22)4-5-21(18)26-9-3-8-23-26/h3-5,8-9,14,17,20,27H,6-7,10-13,15-16H2,1-2H3/t20-/m1/s1. The van der Waals surface area contributed by atoms with E-state index in [1.165, 1.54) is 12.5 Å². The van der Waals surface area contributed by atoms with E-state index in [1.807, 2.05) is 12.3 Å². The molecule has 0 aliphatic carbocycles. The van der Waals surface area contributed by atoms with Crippen molar-refractivity contribution in [3.05, 3.63) is 48.0 Å². The molecule has 0 amide bonds. The summed E-state index contributed by atoms with van der Waals surface area (Å²) in [5.41, 5.74) is 1.86. The summed E-state index contributed by atoms with van der Waals surface area (Å²) >= 11 is 0. The lowest BCUT2D eigenvalue weighted by Gasteiger charge is -2.42. The molecule has 0 bridgehead atoms. The van der Waals surface area contributed by atoms with Gasteiger partial charge in [0.1, 0.15) is 5.82 Å². The number of benzene rings is 1. The van der Waals surface area contributed by atoms with Crippen molar-refractivity contribution in [1.82, 2.24) is 19.6 Å².